The molecule has 0 heterocycles. The van der Waals surface area contributed by atoms with Crippen molar-refractivity contribution in [2.75, 3.05) is 0 Å². The summed E-state index contributed by atoms with van der Waals surface area (Å²) < 4.78 is 12.1. The third-order valence-electron chi connectivity index (χ3n) is 10.9. The van der Waals surface area contributed by atoms with Crippen LogP contribution < -0.4 is 0 Å². The van der Waals surface area contributed by atoms with E-state index in [1.54, 1.807) is 12.1 Å². The molecular weight excluding hydrogens is 699 g/mol. The summed E-state index contributed by atoms with van der Waals surface area (Å²) in [7, 11) is 0. The van der Waals surface area contributed by atoms with Gasteiger partial charge in [0.15, 0.2) is 0 Å². The summed E-state index contributed by atoms with van der Waals surface area (Å²) >= 11 is 0. The molecule has 0 radical (unpaired) electrons. The van der Waals surface area contributed by atoms with E-state index in [1.165, 1.54) is 33.4 Å². The highest BCUT2D eigenvalue weighted by Gasteiger charge is 2.46. The lowest BCUT2D eigenvalue weighted by Crippen LogP contribution is -2.28. The summed E-state index contributed by atoms with van der Waals surface area (Å²) in [6, 6.07) is 59.9. The first-order valence-corrected chi connectivity index (χ1v) is 19.5. The van der Waals surface area contributed by atoms with Gasteiger partial charge in [0, 0.05) is 16.7 Å². The molecular formula is C52H45N3O2. The van der Waals surface area contributed by atoms with E-state index in [0.717, 1.165) is 28.7 Å². The standard InChI is InChI=1S/C52H45N3O2/c1-34(2)29-36-25-27-43(28-26-36)52(47-23-12-10-21-45(47)46-22-11-13-24-48(46)52)44-20-14-19-39(33-44)41-30-40(35(3)56-49(53)37-15-6-4-7-16-37)31-42(32-41)51(55)57-50(54)38-17-8-5-9-18-38/h4-28,30-35,53-55H,29H2,1-3H3. The van der Waals surface area contributed by atoms with Crippen molar-refractivity contribution in [1.29, 1.82) is 16.2 Å². The van der Waals surface area contributed by atoms with Crippen LogP contribution in [-0.2, 0) is 21.3 Å². The fraction of sp³-hybridized carbons (Fsp3) is 0.135. The maximum absolute atomic E-state index is 9.08. The molecule has 0 aliphatic heterocycles. The van der Waals surface area contributed by atoms with Crippen LogP contribution in [0.15, 0.2) is 176 Å². The summed E-state index contributed by atoms with van der Waals surface area (Å²) in [4.78, 5) is 0. The summed E-state index contributed by atoms with van der Waals surface area (Å²) in [6.07, 6.45) is 0.496. The van der Waals surface area contributed by atoms with Gasteiger partial charge in [0.1, 0.15) is 6.10 Å². The first-order chi connectivity index (χ1) is 27.7. The van der Waals surface area contributed by atoms with Crippen LogP contribution in [0.2, 0.25) is 0 Å². The van der Waals surface area contributed by atoms with Crippen molar-refractivity contribution in [3.8, 4) is 22.3 Å². The fourth-order valence-electron chi connectivity index (χ4n) is 8.21. The van der Waals surface area contributed by atoms with Gasteiger partial charge >= 0.3 is 0 Å². The van der Waals surface area contributed by atoms with Crippen molar-refractivity contribution in [3.63, 3.8) is 0 Å². The Morgan fingerprint density at radius 2 is 1.05 bits per heavy atom. The Kier molecular flexibility index (Phi) is 10.2. The molecule has 0 saturated carbocycles. The normalized spacial score (nSPS) is 13.0. The third kappa shape index (κ3) is 7.20. The van der Waals surface area contributed by atoms with Crippen LogP contribution in [0.3, 0.4) is 0 Å². The molecule has 57 heavy (non-hydrogen) atoms. The average molecular weight is 744 g/mol. The van der Waals surface area contributed by atoms with E-state index in [-0.39, 0.29) is 17.7 Å². The van der Waals surface area contributed by atoms with E-state index in [9.17, 15) is 0 Å². The Labute approximate surface area is 335 Å². The zero-order chi connectivity index (χ0) is 39.5. The zero-order valence-corrected chi connectivity index (χ0v) is 32.4. The van der Waals surface area contributed by atoms with E-state index in [2.05, 4.69) is 117 Å². The predicted molar refractivity (Wildman–Crippen MR) is 232 cm³/mol. The Balaban J connectivity index is 1.26. The Bertz CT molecular complexity index is 2550. The van der Waals surface area contributed by atoms with Gasteiger partial charge in [0.05, 0.1) is 5.41 Å². The Morgan fingerprint density at radius 3 is 1.67 bits per heavy atom. The van der Waals surface area contributed by atoms with Gasteiger partial charge in [-0.3, -0.25) is 16.2 Å². The highest BCUT2D eigenvalue weighted by atomic mass is 16.5. The fourth-order valence-corrected chi connectivity index (χ4v) is 8.21. The van der Waals surface area contributed by atoms with Gasteiger partial charge in [0.25, 0.3) is 0 Å². The number of rotatable bonds is 10. The van der Waals surface area contributed by atoms with Crippen molar-refractivity contribution < 1.29 is 9.47 Å². The van der Waals surface area contributed by atoms with Gasteiger partial charge < -0.3 is 9.47 Å². The number of hydrogen-bond acceptors (Lipinski definition) is 5. The molecule has 3 N–H and O–H groups in total. The number of ether oxygens (including phenoxy) is 2. The summed E-state index contributed by atoms with van der Waals surface area (Å²) in [6.45, 7) is 6.43. The molecule has 7 aromatic carbocycles. The molecule has 0 fully saturated rings. The van der Waals surface area contributed by atoms with Crippen LogP contribution in [0.5, 0.6) is 0 Å². The molecule has 280 valence electrons. The first kappa shape index (κ1) is 37.1. The molecule has 1 aliphatic carbocycles. The van der Waals surface area contributed by atoms with Gasteiger partial charge in [-0.25, -0.2) is 0 Å². The zero-order valence-electron chi connectivity index (χ0n) is 32.4. The van der Waals surface area contributed by atoms with Gasteiger partial charge in [0.2, 0.25) is 17.7 Å². The van der Waals surface area contributed by atoms with E-state index < -0.39 is 11.5 Å². The third-order valence-corrected chi connectivity index (χ3v) is 10.9. The summed E-state index contributed by atoms with van der Waals surface area (Å²) in [5.41, 5.74) is 12.4. The molecule has 7 aromatic rings. The number of fused-ring (bicyclic) bond motifs is 3. The maximum atomic E-state index is 9.08. The van der Waals surface area contributed by atoms with E-state index in [1.807, 2.05) is 67.6 Å². The maximum Gasteiger partial charge on any atom is 0.221 e. The van der Waals surface area contributed by atoms with Crippen molar-refractivity contribution in [2.24, 2.45) is 5.92 Å². The first-order valence-electron chi connectivity index (χ1n) is 19.5. The smallest absolute Gasteiger partial charge is 0.221 e. The van der Waals surface area contributed by atoms with Crippen LogP contribution in [0.4, 0.5) is 0 Å². The molecule has 0 saturated heterocycles. The van der Waals surface area contributed by atoms with Crippen LogP contribution in [-0.4, -0.2) is 17.7 Å². The minimum absolute atomic E-state index is 0.0640. The molecule has 0 spiro atoms. The monoisotopic (exact) mass is 743 g/mol. The Hall–Kier alpha value is -6.85. The molecule has 0 amide bonds. The lowest BCUT2D eigenvalue weighted by atomic mass is 9.67. The molecule has 8 rings (SSSR count). The van der Waals surface area contributed by atoms with Crippen LogP contribution in [0.1, 0.15) is 76.9 Å². The second kappa shape index (κ2) is 15.7. The summed E-state index contributed by atoms with van der Waals surface area (Å²) in [5, 5.41) is 26.4. The topological polar surface area (TPSA) is 90.0 Å². The van der Waals surface area contributed by atoms with Crippen molar-refractivity contribution in [3.05, 3.63) is 226 Å². The average Bonchev–Trinajstić information content (AvgIpc) is 3.55. The second-order valence-electron chi connectivity index (χ2n) is 15.1. The number of hydrogen-bond donors (Lipinski definition) is 3. The largest absolute Gasteiger partial charge is 0.470 e. The molecule has 0 bridgehead atoms. The highest BCUT2D eigenvalue weighted by molar-refractivity contribution is 6.05. The molecule has 5 heteroatoms. The van der Waals surface area contributed by atoms with Crippen LogP contribution >= 0.6 is 0 Å². The minimum atomic E-state index is -0.582. The van der Waals surface area contributed by atoms with Gasteiger partial charge in [-0.05, 0) is 123 Å². The van der Waals surface area contributed by atoms with Gasteiger partial charge in [-0.1, -0.05) is 141 Å². The van der Waals surface area contributed by atoms with E-state index in [4.69, 9.17) is 25.7 Å². The van der Waals surface area contributed by atoms with Crippen molar-refractivity contribution >= 4 is 17.7 Å². The quantitative estimate of drug-likeness (QED) is 0.0961. The second-order valence-corrected chi connectivity index (χ2v) is 15.1. The molecule has 5 nitrogen and oxygen atoms in total. The lowest BCUT2D eigenvalue weighted by molar-refractivity contribution is 0.211. The van der Waals surface area contributed by atoms with Crippen molar-refractivity contribution in [2.45, 2.75) is 38.7 Å². The van der Waals surface area contributed by atoms with Gasteiger partial charge in [-0.2, -0.15) is 0 Å². The number of nitrogens with one attached hydrogen (secondary N) is 3. The number of benzene rings is 7. The van der Waals surface area contributed by atoms with Crippen molar-refractivity contribution in [1.82, 2.24) is 0 Å². The highest BCUT2D eigenvalue weighted by Crippen LogP contribution is 2.56. The Morgan fingerprint density at radius 1 is 0.491 bits per heavy atom. The summed E-state index contributed by atoms with van der Waals surface area (Å²) in [5.74, 6) is 0.367. The molecule has 1 aliphatic rings. The SMILES string of the molecule is CC(C)Cc1ccc(C2(c3cccc(-c4cc(C(=N)OC(=N)c5ccccc5)cc(C(C)OC(=N)c5ccccc5)c4)c3)c3ccccc3-c3ccccc32)cc1. The van der Waals surface area contributed by atoms with E-state index in [0.29, 0.717) is 22.6 Å². The van der Waals surface area contributed by atoms with Gasteiger partial charge in [-0.15, -0.1) is 0 Å². The van der Waals surface area contributed by atoms with E-state index >= 15 is 0 Å². The molecule has 0 aromatic heterocycles. The lowest BCUT2D eigenvalue weighted by Gasteiger charge is -2.34. The molecule has 1 atom stereocenters. The minimum Gasteiger partial charge on any atom is -0.470 e. The van der Waals surface area contributed by atoms with Crippen LogP contribution in [0, 0.1) is 22.1 Å². The molecule has 1 unspecified atom stereocenters. The predicted octanol–water partition coefficient (Wildman–Crippen LogP) is 12.4. The van der Waals surface area contributed by atoms with Crippen LogP contribution in [0.25, 0.3) is 22.3 Å².